The molecule has 1 amide bonds. The number of carbonyl (C=O) groups excluding carboxylic acids is 1. The SMILES string of the molecule is O=C(Nc1ccc(Oc2ccc(Cl)cc2)nc1)c1cc(F)ccc1F. The Morgan fingerprint density at radius 1 is 1.04 bits per heavy atom. The van der Waals surface area contributed by atoms with Crippen LogP contribution in [0.25, 0.3) is 0 Å². The van der Waals surface area contributed by atoms with Crippen LogP contribution in [0.1, 0.15) is 10.4 Å². The van der Waals surface area contributed by atoms with E-state index in [9.17, 15) is 13.6 Å². The fourth-order valence-corrected chi connectivity index (χ4v) is 2.13. The third kappa shape index (κ3) is 4.30. The first-order valence-corrected chi connectivity index (χ1v) is 7.55. The van der Waals surface area contributed by atoms with Gasteiger partial charge in [-0.1, -0.05) is 11.6 Å². The zero-order valence-electron chi connectivity index (χ0n) is 12.7. The van der Waals surface area contributed by atoms with Crippen LogP contribution in [0.4, 0.5) is 14.5 Å². The molecule has 0 saturated heterocycles. The standard InChI is InChI=1S/C18H11ClF2N2O2/c19-11-1-5-14(6-2-11)25-17-8-4-13(10-22-17)23-18(24)15-9-12(20)3-7-16(15)21/h1-10H,(H,23,24). The summed E-state index contributed by atoms with van der Waals surface area (Å²) in [7, 11) is 0. The molecule has 1 N–H and O–H groups in total. The van der Waals surface area contributed by atoms with Gasteiger partial charge in [0.2, 0.25) is 5.88 Å². The Morgan fingerprint density at radius 3 is 2.48 bits per heavy atom. The minimum Gasteiger partial charge on any atom is -0.439 e. The quantitative estimate of drug-likeness (QED) is 0.707. The predicted molar refractivity (Wildman–Crippen MR) is 90.1 cm³/mol. The number of amides is 1. The van der Waals surface area contributed by atoms with Gasteiger partial charge in [0.05, 0.1) is 17.4 Å². The molecule has 0 radical (unpaired) electrons. The van der Waals surface area contributed by atoms with E-state index in [0.29, 0.717) is 22.3 Å². The van der Waals surface area contributed by atoms with E-state index in [4.69, 9.17) is 16.3 Å². The van der Waals surface area contributed by atoms with Gasteiger partial charge in [0.25, 0.3) is 5.91 Å². The van der Waals surface area contributed by atoms with Gasteiger partial charge in [0.15, 0.2) is 0 Å². The van der Waals surface area contributed by atoms with Crippen molar-refractivity contribution in [3.8, 4) is 11.6 Å². The summed E-state index contributed by atoms with van der Waals surface area (Å²) >= 11 is 5.79. The lowest BCUT2D eigenvalue weighted by molar-refractivity contribution is 0.102. The van der Waals surface area contributed by atoms with E-state index in [-0.39, 0.29) is 5.56 Å². The van der Waals surface area contributed by atoms with E-state index in [1.54, 1.807) is 24.3 Å². The van der Waals surface area contributed by atoms with Crippen LogP contribution in [0, 0.1) is 11.6 Å². The molecule has 0 saturated carbocycles. The number of hydrogen-bond acceptors (Lipinski definition) is 3. The second-order valence-electron chi connectivity index (χ2n) is 5.02. The highest BCUT2D eigenvalue weighted by molar-refractivity contribution is 6.30. The lowest BCUT2D eigenvalue weighted by Crippen LogP contribution is -2.14. The Hall–Kier alpha value is -2.99. The highest BCUT2D eigenvalue weighted by Gasteiger charge is 2.13. The predicted octanol–water partition coefficient (Wildman–Crippen LogP) is 5.06. The summed E-state index contributed by atoms with van der Waals surface area (Å²) < 4.78 is 32.3. The molecule has 7 heteroatoms. The van der Waals surface area contributed by atoms with E-state index >= 15 is 0 Å². The number of pyridine rings is 1. The fraction of sp³-hybridized carbons (Fsp3) is 0. The third-order valence-electron chi connectivity index (χ3n) is 3.20. The Kier molecular flexibility index (Phi) is 4.90. The van der Waals surface area contributed by atoms with Crippen molar-refractivity contribution >= 4 is 23.2 Å². The second kappa shape index (κ2) is 7.27. The first-order valence-electron chi connectivity index (χ1n) is 7.17. The number of benzene rings is 2. The lowest BCUT2D eigenvalue weighted by atomic mass is 10.2. The van der Waals surface area contributed by atoms with E-state index < -0.39 is 17.5 Å². The average molecular weight is 361 g/mol. The van der Waals surface area contributed by atoms with Crippen LogP contribution in [0.3, 0.4) is 0 Å². The van der Waals surface area contributed by atoms with Gasteiger partial charge in [0, 0.05) is 11.1 Å². The summed E-state index contributed by atoms with van der Waals surface area (Å²) in [6.07, 6.45) is 1.35. The summed E-state index contributed by atoms with van der Waals surface area (Å²) in [6, 6.07) is 12.5. The van der Waals surface area contributed by atoms with Crippen molar-refractivity contribution in [1.29, 1.82) is 0 Å². The summed E-state index contributed by atoms with van der Waals surface area (Å²) in [5, 5.41) is 3.03. The van der Waals surface area contributed by atoms with E-state index in [0.717, 1.165) is 18.2 Å². The number of halogens is 3. The Bertz CT molecular complexity index is 900. The van der Waals surface area contributed by atoms with Gasteiger partial charge in [-0.2, -0.15) is 0 Å². The number of nitrogens with zero attached hydrogens (tertiary/aromatic N) is 1. The number of anilines is 1. The molecule has 0 unspecified atom stereocenters. The molecule has 0 atom stereocenters. The van der Waals surface area contributed by atoms with Crippen molar-refractivity contribution in [3.05, 3.63) is 83.0 Å². The molecule has 0 aliphatic heterocycles. The number of ether oxygens (including phenoxy) is 1. The highest BCUT2D eigenvalue weighted by atomic mass is 35.5. The third-order valence-corrected chi connectivity index (χ3v) is 3.46. The van der Waals surface area contributed by atoms with Crippen LogP contribution in [0.15, 0.2) is 60.8 Å². The van der Waals surface area contributed by atoms with E-state index in [1.807, 2.05) is 0 Å². The maximum atomic E-state index is 13.6. The molecule has 1 aromatic heterocycles. The Balaban J connectivity index is 1.69. The van der Waals surface area contributed by atoms with Gasteiger partial charge in [-0.05, 0) is 48.5 Å². The number of hydrogen-bond donors (Lipinski definition) is 1. The van der Waals surface area contributed by atoms with Crippen molar-refractivity contribution < 1.29 is 18.3 Å². The zero-order valence-corrected chi connectivity index (χ0v) is 13.4. The van der Waals surface area contributed by atoms with E-state index in [1.165, 1.54) is 18.3 Å². The maximum absolute atomic E-state index is 13.6. The van der Waals surface area contributed by atoms with Gasteiger partial charge >= 0.3 is 0 Å². The number of nitrogens with one attached hydrogen (secondary N) is 1. The zero-order chi connectivity index (χ0) is 17.8. The number of rotatable bonds is 4. The molecule has 3 rings (SSSR count). The second-order valence-corrected chi connectivity index (χ2v) is 5.46. The molecular weight excluding hydrogens is 350 g/mol. The van der Waals surface area contributed by atoms with Gasteiger partial charge in [-0.3, -0.25) is 4.79 Å². The number of carbonyl (C=O) groups is 1. The lowest BCUT2D eigenvalue weighted by Gasteiger charge is -2.08. The minimum atomic E-state index is -0.811. The van der Waals surface area contributed by atoms with Crippen molar-refractivity contribution in [1.82, 2.24) is 4.98 Å². The average Bonchev–Trinajstić information content (AvgIpc) is 2.60. The first-order chi connectivity index (χ1) is 12.0. The van der Waals surface area contributed by atoms with Gasteiger partial charge < -0.3 is 10.1 Å². The summed E-state index contributed by atoms with van der Waals surface area (Å²) in [6.45, 7) is 0. The molecular formula is C18H11ClF2N2O2. The van der Waals surface area contributed by atoms with Crippen molar-refractivity contribution in [2.45, 2.75) is 0 Å². The smallest absolute Gasteiger partial charge is 0.258 e. The van der Waals surface area contributed by atoms with Gasteiger partial charge in [0.1, 0.15) is 17.4 Å². The Labute approximate surface area is 147 Å². The minimum absolute atomic E-state index is 0.303. The number of aromatic nitrogens is 1. The topological polar surface area (TPSA) is 51.2 Å². The summed E-state index contributed by atoms with van der Waals surface area (Å²) in [4.78, 5) is 16.1. The van der Waals surface area contributed by atoms with Gasteiger partial charge in [-0.25, -0.2) is 13.8 Å². The molecule has 3 aromatic rings. The van der Waals surface area contributed by atoms with Crippen LogP contribution in [0.2, 0.25) is 5.02 Å². The molecule has 0 aliphatic carbocycles. The fourth-order valence-electron chi connectivity index (χ4n) is 2.01. The summed E-state index contributed by atoms with van der Waals surface area (Å²) in [5.41, 5.74) is -0.0707. The Morgan fingerprint density at radius 2 is 1.80 bits per heavy atom. The largest absolute Gasteiger partial charge is 0.439 e. The molecule has 4 nitrogen and oxygen atoms in total. The van der Waals surface area contributed by atoms with Crippen LogP contribution >= 0.6 is 11.6 Å². The van der Waals surface area contributed by atoms with Crippen LogP contribution in [-0.2, 0) is 0 Å². The molecule has 0 bridgehead atoms. The van der Waals surface area contributed by atoms with Crippen LogP contribution in [0.5, 0.6) is 11.6 Å². The molecule has 1 heterocycles. The molecule has 0 aliphatic rings. The molecule has 0 spiro atoms. The van der Waals surface area contributed by atoms with Crippen LogP contribution in [-0.4, -0.2) is 10.9 Å². The van der Waals surface area contributed by atoms with Crippen molar-refractivity contribution in [2.75, 3.05) is 5.32 Å². The molecule has 2 aromatic carbocycles. The van der Waals surface area contributed by atoms with Crippen molar-refractivity contribution in [2.24, 2.45) is 0 Å². The summed E-state index contributed by atoms with van der Waals surface area (Å²) in [5.74, 6) is -1.43. The first kappa shape index (κ1) is 16.9. The molecule has 126 valence electrons. The van der Waals surface area contributed by atoms with Crippen LogP contribution < -0.4 is 10.1 Å². The molecule has 25 heavy (non-hydrogen) atoms. The van der Waals surface area contributed by atoms with E-state index in [2.05, 4.69) is 10.3 Å². The monoisotopic (exact) mass is 360 g/mol. The van der Waals surface area contributed by atoms with Gasteiger partial charge in [-0.15, -0.1) is 0 Å². The normalized spacial score (nSPS) is 10.4. The van der Waals surface area contributed by atoms with Crippen molar-refractivity contribution in [3.63, 3.8) is 0 Å². The highest BCUT2D eigenvalue weighted by Crippen LogP contribution is 2.22. The molecule has 0 fully saturated rings. The maximum Gasteiger partial charge on any atom is 0.258 e.